The molecule has 0 aliphatic carbocycles. The van der Waals surface area contributed by atoms with E-state index in [9.17, 15) is 4.39 Å². The minimum absolute atomic E-state index is 0.221. The summed E-state index contributed by atoms with van der Waals surface area (Å²) in [6.45, 7) is 3.01. The van der Waals surface area contributed by atoms with E-state index in [1.54, 1.807) is 30.5 Å². The summed E-state index contributed by atoms with van der Waals surface area (Å²) in [5.74, 6) is 0.406. The molecule has 0 bridgehead atoms. The zero-order valence-corrected chi connectivity index (χ0v) is 15.6. The SMILES string of the molecule is CN=C(NCc1ccccc1F)NCc1sc(-c2ccccc2)nc1C. The Morgan fingerprint density at radius 1 is 1.04 bits per heavy atom. The Morgan fingerprint density at radius 3 is 2.46 bits per heavy atom. The quantitative estimate of drug-likeness (QED) is 0.526. The molecular formula is C20H21FN4S. The van der Waals surface area contributed by atoms with Gasteiger partial charge in [-0.25, -0.2) is 9.37 Å². The first-order valence-corrected chi connectivity index (χ1v) is 9.18. The molecule has 2 N–H and O–H groups in total. The van der Waals surface area contributed by atoms with Crippen LogP contribution >= 0.6 is 11.3 Å². The third-order valence-corrected chi connectivity index (χ3v) is 5.16. The van der Waals surface area contributed by atoms with Gasteiger partial charge < -0.3 is 10.6 Å². The summed E-state index contributed by atoms with van der Waals surface area (Å²) in [6.07, 6.45) is 0. The number of hydrogen-bond acceptors (Lipinski definition) is 3. The number of aryl methyl sites for hydroxylation is 1. The third kappa shape index (κ3) is 4.46. The number of benzene rings is 2. The first-order valence-electron chi connectivity index (χ1n) is 8.37. The summed E-state index contributed by atoms with van der Waals surface area (Å²) >= 11 is 1.67. The molecule has 0 amide bonds. The molecule has 0 saturated heterocycles. The molecule has 4 nitrogen and oxygen atoms in total. The monoisotopic (exact) mass is 368 g/mol. The number of nitrogens with one attached hydrogen (secondary N) is 2. The van der Waals surface area contributed by atoms with Gasteiger partial charge in [-0.05, 0) is 13.0 Å². The topological polar surface area (TPSA) is 49.3 Å². The van der Waals surface area contributed by atoms with Crippen LogP contribution in [0.1, 0.15) is 16.1 Å². The molecule has 6 heteroatoms. The number of aliphatic imine (C=N–C) groups is 1. The smallest absolute Gasteiger partial charge is 0.191 e. The standard InChI is InChI=1S/C20H21FN4S/c1-14-18(26-19(25-14)15-8-4-3-5-9-15)13-24-20(22-2)23-12-16-10-6-7-11-17(16)21/h3-11H,12-13H2,1-2H3,(H2,22,23,24). The van der Waals surface area contributed by atoms with E-state index < -0.39 is 0 Å². The Kier molecular flexibility index (Phi) is 5.96. The lowest BCUT2D eigenvalue weighted by atomic mass is 10.2. The molecule has 0 atom stereocenters. The predicted molar refractivity (Wildman–Crippen MR) is 106 cm³/mol. The van der Waals surface area contributed by atoms with Gasteiger partial charge in [0.25, 0.3) is 0 Å². The van der Waals surface area contributed by atoms with Crippen molar-refractivity contribution in [1.29, 1.82) is 0 Å². The van der Waals surface area contributed by atoms with Crippen LogP contribution in [0, 0.1) is 12.7 Å². The van der Waals surface area contributed by atoms with Gasteiger partial charge in [0, 0.05) is 29.6 Å². The van der Waals surface area contributed by atoms with Gasteiger partial charge in [-0.1, -0.05) is 48.5 Å². The number of hydrogen-bond donors (Lipinski definition) is 2. The third-order valence-electron chi connectivity index (χ3n) is 3.96. The fourth-order valence-electron chi connectivity index (χ4n) is 2.50. The van der Waals surface area contributed by atoms with Crippen molar-refractivity contribution < 1.29 is 4.39 Å². The Morgan fingerprint density at radius 2 is 1.73 bits per heavy atom. The van der Waals surface area contributed by atoms with Gasteiger partial charge >= 0.3 is 0 Å². The van der Waals surface area contributed by atoms with E-state index in [1.807, 2.05) is 31.2 Å². The van der Waals surface area contributed by atoms with E-state index in [0.29, 0.717) is 24.6 Å². The zero-order chi connectivity index (χ0) is 18.4. The lowest BCUT2D eigenvalue weighted by molar-refractivity contribution is 0.604. The van der Waals surface area contributed by atoms with Crippen LogP contribution in [0.4, 0.5) is 4.39 Å². The van der Waals surface area contributed by atoms with Crippen LogP contribution in [0.3, 0.4) is 0 Å². The maximum Gasteiger partial charge on any atom is 0.191 e. The van der Waals surface area contributed by atoms with E-state index >= 15 is 0 Å². The highest BCUT2D eigenvalue weighted by atomic mass is 32.1. The van der Waals surface area contributed by atoms with Crippen molar-refractivity contribution in [3.8, 4) is 10.6 Å². The zero-order valence-electron chi connectivity index (χ0n) is 14.8. The Labute approximate surface area is 156 Å². The van der Waals surface area contributed by atoms with Crippen molar-refractivity contribution >= 4 is 17.3 Å². The fourth-order valence-corrected chi connectivity index (χ4v) is 3.51. The molecule has 1 aromatic heterocycles. The molecule has 0 aliphatic rings. The van der Waals surface area contributed by atoms with Crippen molar-refractivity contribution in [2.24, 2.45) is 4.99 Å². The largest absolute Gasteiger partial charge is 0.352 e. The van der Waals surface area contributed by atoms with Gasteiger partial charge in [-0.15, -0.1) is 11.3 Å². The summed E-state index contributed by atoms with van der Waals surface area (Å²) in [4.78, 5) is 10.0. The summed E-state index contributed by atoms with van der Waals surface area (Å²) < 4.78 is 13.7. The van der Waals surface area contributed by atoms with Crippen LogP contribution in [0.15, 0.2) is 59.6 Å². The van der Waals surface area contributed by atoms with Crippen molar-refractivity contribution in [3.05, 3.63) is 76.5 Å². The number of rotatable bonds is 5. The first kappa shape index (κ1) is 18.1. The van der Waals surface area contributed by atoms with E-state index in [0.717, 1.165) is 21.1 Å². The Balaban J connectivity index is 1.61. The van der Waals surface area contributed by atoms with E-state index in [2.05, 4.69) is 32.7 Å². The summed E-state index contributed by atoms with van der Waals surface area (Å²) in [7, 11) is 1.70. The van der Waals surface area contributed by atoms with Crippen molar-refractivity contribution in [3.63, 3.8) is 0 Å². The average molecular weight is 368 g/mol. The van der Waals surface area contributed by atoms with Gasteiger partial charge in [0.15, 0.2) is 5.96 Å². The van der Waals surface area contributed by atoms with Gasteiger partial charge in [-0.2, -0.15) is 0 Å². The van der Waals surface area contributed by atoms with Crippen molar-refractivity contribution in [2.45, 2.75) is 20.0 Å². The van der Waals surface area contributed by atoms with Crippen LogP contribution in [-0.2, 0) is 13.1 Å². The van der Waals surface area contributed by atoms with Crippen molar-refractivity contribution in [2.75, 3.05) is 7.05 Å². The number of thiazole rings is 1. The van der Waals surface area contributed by atoms with Gasteiger partial charge in [0.05, 0.1) is 12.2 Å². The van der Waals surface area contributed by atoms with Crippen molar-refractivity contribution in [1.82, 2.24) is 15.6 Å². The average Bonchev–Trinajstić information content (AvgIpc) is 3.05. The highest BCUT2D eigenvalue weighted by Crippen LogP contribution is 2.27. The molecule has 3 aromatic rings. The molecule has 3 rings (SSSR count). The minimum atomic E-state index is -0.221. The number of guanidine groups is 1. The molecule has 0 aliphatic heterocycles. The van der Waals surface area contributed by atoms with E-state index in [-0.39, 0.29) is 5.82 Å². The highest BCUT2D eigenvalue weighted by Gasteiger charge is 2.10. The predicted octanol–water partition coefficient (Wildman–Crippen LogP) is 4.12. The van der Waals surface area contributed by atoms with Crippen LogP contribution in [0.5, 0.6) is 0 Å². The molecule has 134 valence electrons. The lowest BCUT2D eigenvalue weighted by Crippen LogP contribution is -2.36. The first-order chi connectivity index (χ1) is 12.7. The summed E-state index contributed by atoms with van der Waals surface area (Å²) in [5.41, 5.74) is 2.73. The lowest BCUT2D eigenvalue weighted by Gasteiger charge is -2.11. The highest BCUT2D eigenvalue weighted by molar-refractivity contribution is 7.15. The molecule has 0 spiro atoms. The second-order valence-corrected chi connectivity index (χ2v) is 6.85. The molecule has 2 aromatic carbocycles. The summed E-state index contributed by atoms with van der Waals surface area (Å²) in [5, 5.41) is 7.41. The van der Waals surface area contributed by atoms with Crippen LogP contribution in [0.25, 0.3) is 10.6 Å². The second kappa shape index (κ2) is 8.58. The van der Waals surface area contributed by atoms with Gasteiger partial charge in [0.2, 0.25) is 0 Å². The molecule has 1 heterocycles. The summed E-state index contributed by atoms with van der Waals surface area (Å²) in [6, 6.07) is 16.9. The Bertz CT molecular complexity index is 890. The maximum absolute atomic E-state index is 13.7. The van der Waals surface area contributed by atoms with Gasteiger partial charge in [0.1, 0.15) is 10.8 Å². The molecule has 0 radical (unpaired) electrons. The van der Waals surface area contributed by atoms with Crippen LogP contribution in [0.2, 0.25) is 0 Å². The molecule has 0 fully saturated rings. The van der Waals surface area contributed by atoms with Crippen LogP contribution < -0.4 is 10.6 Å². The van der Waals surface area contributed by atoms with Gasteiger partial charge in [-0.3, -0.25) is 4.99 Å². The van der Waals surface area contributed by atoms with E-state index in [1.165, 1.54) is 6.07 Å². The number of aromatic nitrogens is 1. The fraction of sp³-hybridized carbons (Fsp3) is 0.200. The number of nitrogens with zero attached hydrogens (tertiary/aromatic N) is 2. The number of halogens is 1. The molecule has 0 saturated carbocycles. The van der Waals surface area contributed by atoms with E-state index in [4.69, 9.17) is 0 Å². The van der Waals surface area contributed by atoms with Crippen LogP contribution in [-0.4, -0.2) is 18.0 Å². The second-order valence-electron chi connectivity index (χ2n) is 5.76. The minimum Gasteiger partial charge on any atom is -0.352 e. The molecule has 26 heavy (non-hydrogen) atoms. The normalized spacial score (nSPS) is 11.4. The Hall–Kier alpha value is -2.73. The molecular weight excluding hydrogens is 347 g/mol. The maximum atomic E-state index is 13.7. The molecule has 0 unspecified atom stereocenters.